The Balaban J connectivity index is 2.00. The molecule has 1 saturated heterocycles. The molecule has 1 aromatic rings. The van der Waals surface area contributed by atoms with E-state index in [2.05, 4.69) is 12.0 Å². The van der Waals surface area contributed by atoms with Crippen molar-refractivity contribution >= 4 is 12.0 Å². The normalized spacial score (nSPS) is 20.6. The summed E-state index contributed by atoms with van der Waals surface area (Å²) in [6.07, 6.45) is 11.7. The van der Waals surface area contributed by atoms with Gasteiger partial charge in [0.25, 0.3) is 0 Å². The Morgan fingerprint density at radius 2 is 2.39 bits per heavy atom. The number of carbonyl (C=O) groups is 1. The van der Waals surface area contributed by atoms with E-state index in [0.29, 0.717) is 6.04 Å². The number of carbonyl (C=O) groups excluding carboxylic acids is 1. The molecule has 0 bridgehead atoms. The van der Waals surface area contributed by atoms with Crippen LogP contribution in [-0.2, 0) is 11.8 Å². The fourth-order valence-corrected chi connectivity index (χ4v) is 2.50. The van der Waals surface area contributed by atoms with E-state index >= 15 is 0 Å². The van der Waals surface area contributed by atoms with Gasteiger partial charge in [0.15, 0.2) is 0 Å². The summed E-state index contributed by atoms with van der Waals surface area (Å²) < 4.78 is 1.74. The molecule has 1 aliphatic rings. The molecule has 1 amide bonds. The Kier molecular flexibility index (Phi) is 4.18. The summed E-state index contributed by atoms with van der Waals surface area (Å²) in [5.41, 5.74) is 0.968. The fraction of sp³-hybridized carbons (Fsp3) is 0.571. The van der Waals surface area contributed by atoms with Crippen LogP contribution in [0.1, 0.15) is 38.2 Å². The summed E-state index contributed by atoms with van der Waals surface area (Å²) >= 11 is 0. The predicted molar refractivity (Wildman–Crippen MR) is 71.9 cm³/mol. The average Bonchev–Trinajstić information content (AvgIpc) is 2.81. The minimum atomic E-state index is 0.130. The highest BCUT2D eigenvalue weighted by molar-refractivity contribution is 5.92. The molecule has 1 atom stereocenters. The van der Waals surface area contributed by atoms with Gasteiger partial charge in [-0.2, -0.15) is 5.10 Å². The van der Waals surface area contributed by atoms with Crippen LogP contribution in [0.25, 0.3) is 6.08 Å². The van der Waals surface area contributed by atoms with Crippen LogP contribution >= 0.6 is 0 Å². The maximum absolute atomic E-state index is 12.2. The molecule has 0 radical (unpaired) electrons. The third-order valence-electron chi connectivity index (χ3n) is 3.52. The van der Waals surface area contributed by atoms with Gasteiger partial charge >= 0.3 is 0 Å². The van der Waals surface area contributed by atoms with Crippen molar-refractivity contribution < 1.29 is 4.79 Å². The third-order valence-corrected chi connectivity index (χ3v) is 3.52. The van der Waals surface area contributed by atoms with Crippen molar-refractivity contribution in [3.05, 3.63) is 24.0 Å². The zero-order valence-corrected chi connectivity index (χ0v) is 11.2. The number of hydrogen-bond donors (Lipinski definition) is 0. The minimum Gasteiger partial charge on any atom is -0.336 e. The van der Waals surface area contributed by atoms with Gasteiger partial charge in [-0.3, -0.25) is 9.48 Å². The quantitative estimate of drug-likeness (QED) is 0.768. The monoisotopic (exact) mass is 247 g/mol. The summed E-state index contributed by atoms with van der Waals surface area (Å²) in [6.45, 7) is 3.05. The molecule has 4 nitrogen and oxygen atoms in total. The second-order valence-corrected chi connectivity index (χ2v) is 4.87. The largest absolute Gasteiger partial charge is 0.336 e. The Morgan fingerprint density at radius 1 is 1.56 bits per heavy atom. The van der Waals surface area contributed by atoms with E-state index in [1.807, 2.05) is 24.2 Å². The van der Waals surface area contributed by atoms with Gasteiger partial charge in [-0.1, -0.05) is 6.92 Å². The van der Waals surface area contributed by atoms with Crippen LogP contribution in [0, 0.1) is 0 Å². The molecule has 0 saturated carbocycles. The lowest BCUT2D eigenvalue weighted by atomic mass is 10.00. The van der Waals surface area contributed by atoms with E-state index in [9.17, 15) is 4.79 Å². The molecule has 1 fully saturated rings. The first-order valence-electron chi connectivity index (χ1n) is 6.68. The number of rotatable bonds is 3. The van der Waals surface area contributed by atoms with Crippen LogP contribution in [0.5, 0.6) is 0 Å². The molecule has 0 aliphatic carbocycles. The highest BCUT2D eigenvalue weighted by Crippen LogP contribution is 2.19. The Bertz CT molecular complexity index is 436. The number of aromatic nitrogens is 2. The lowest BCUT2D eigenvalue weighted by molar-refractivity contribution is -0.129. The number of hydrogen-bond acceptors (Lipinski definition) is 2. The zero-order valence-electron chi connectivity index (χ0n) is 11.2. The molecule has 4 heteroatoms. The maximum Gasteiger partial charge on any atom is 0.246 e. The van der Waals surface area contributed by atoms with Gasteiger partial charge in [-0.05, 0) is 31.8 Å². The molecule has 1 aliphatic heterocycles. The van der Waals surface area contributed by atoms with Crippen LogP contribution in [-0.4, -0.2) is 33.2 Å². The van der Waals surface area contributed by atoms with Gasteiger partial charge < -0.3 is 4.90 Å². The average molecular weight is 247 g/mol. The second-order valence-electron chi connectivity index (χ2n) is 4.87. The first-order chi connectivity index (χ1) is 8.70. The van der Waals surface area contributed by atoms with E-state index in [-0.39, 0.29) is 5.91 Å². The number of aryl methyl sites for hydroxylation is 1. The van der Waals surface area contributed by atoms with Crippen molar-refractivity contribution in [2.45, 2.75) is 38.6 Å². The van der Waals surface area contributed by atoms with Crippen molar-refractivity contribution in [2.75, 3.05) is 6.54 Å². The van der Waals surface area contributed by atoms with Crippen LogP contribution in [0.2, 0.25) is 0 Å². The molecular weight excluding hydrogens is 226 g/mol. The molecule has 0 spiro atoms. The molecular formula is C14H21N3O. The fourth-order valence-electron chi connectivity index (χ4n) is 2.50. The van der Waals surface area contributed by atoms with Crippen molar-refractivity contribution in [1.82, 2.24) is 14.7 Å². The highest BCUT2D eigenvalue weighted by Gasteiger charge is 2.23. The van der Waals surface area contributed by atoms with Crippen molar-refractivity contribution in [3.8, 4) is 0 Å². The second kappa shape index (κ2) is 5.85. The molecule has 1 aromatic heterocycles. The summed E-state index contributed by atoms with van der Waals surface area (Å²) in [5.74, 6) is 0.130. The first kappa shape index (κ1) is 12.9. The highest BCUT2D eigenvalue weighted by atomic mass is 16.2. The van der Waals surface area contributed by atoms with Gasteiger partial charge in [0.05, 0.1) is 6.20 Å². The van der Waals surface area contributed by atoms with Crippen LogP contribution < -0.4 is 0 Å². The molecule has 2 rings (SSSR count). The zero-order chi connectivity index (χ0) is 13.0. The standard InChI is InChI=1S/C14H21N3O/c1-3-13-6-4-5-9-17(13)14(18)8-7-12-10-15-16(2)11-12/h7-8,10-11,13H,3-6,9H2,1-2H3. The van der Waals surface area contributed by atoms with E-state index in [1.165, 1.54) is 6.42 Å². The van der Waals surface area contributed by atoms with E-state index in [1.54, 1.807) is 17.0 Å². The van der Waals surface area contributed by atoms with Gasteiger partial charge in [-0.25, -0.2) is 0 Å². The Labute approximate surface area is 108 Å². The molecule has 0 N–H and O–H groups in total. The van der Waals surface area contributed by atoms with Crippen LogP contribution in [0.15, 0.2) is 18.5 Å². The summed E-state index contributed by atoms with van der Waals surface area (Å²) in [4.78, 5) is 14.2. The van der Waals surface area contributed by atoms with Crippen molar-refractivity contribution in [1.29, 1.82) is 0 Å². The first-order valence-corrected chi connectivity index (χ1v) is 6.68. The molecule has 2 heterocycles. The topological polar surface area (TPSA) is 38.1 Å². The maximum atomic E-state index is 12.2. The number of piperidine rings is 1. The van der Waals surface area contributed by atoms with E-state index < -0.39 is 0 Å². The summed E-state index contributed by atoms with van der Waals surface area (Å²) in [7, 11) is 1.87. The van der Waals surface area contributed by atoms with Crippen LogP contribution in [0.3, 0.4) is 0 Å². The van der Waals surface area contributed by atoms with E-state index in [4.69, 9.17) is 0 Å². The van der Waals surface area contributed by atoms with Gasteiger partial charge in [-0.15, -0.1) is 0 Å². The SMILES string of the molecule is CCC1CCCCN1C(=O)C=Cc1cnn(C)c1. The lowest BCUT2D eigenvalue weighted by Gasteiger charge is -2.34. The van der Waals surface area contributed by atoms with Crippen molar-refractivity contribution in [2.24, 2.45) is 7.05 Å². The third kappa shape index (κ3) is 3.00. The Hall–Kier alpha value is -1.58. The predicted octanol–water partition coefficient (Wildman–Crippen LogP) is 2.22. The summed E-state index contributed by atoms with van der Waals surface area (Å²) in [5, 5.41) is 4.08. The minimum absolute atomic E-state index is 0.130. The van der Waals surface area contributed by atoms with Gasteiger partial charge in [0, 0.05) is 37.5 Å². The number of nitrogens with zero attached hydrogens (tertiary/aromatic N) is 3. The lowest BCUT2D eigenvalue weighted by Crippen LogP contribution is -2.42. The Morgan fingerprint density at radius 3 is 3.06 bits per heavy atom. The molecule has 98 valence electrons. The molecule has 18 heavy (non-hydrogen) atoms. The number of amides is 1. The number of likely N-dealkylation sites (tertiary alicyclic amines) is 1. The van der Waals surface area contributed by atoms with Crippen molar-refractivity contribution in [3.63, 3.8) is 0 Å². The molecule has 1 unspecified atom stereocenters. The van der Waals surface area contributed by atoms with Gasteiger partial charge in [0.2, 0.25) is 5.91 Å². The summed E-state index contributed by atoms with van der Waals surface area (Å²) in [6, 6.07) is 0.421. The molecule has 0 aromatic carbocycles. The van der Waals surface area contributed by atoms with E-state index in [0.717, 1.165) is 31.4 Å². The van der Waals surface area contributed by atoms with Gasteiger partial charge in [0.1, 0.15) is 0 Å². The van der Waals surface area contributed by atoms with Crippen LogP contribution in [0.4, 0.5) is 0 Å². The smallest absolute Gasteiger partial charge is 0.246 e.